The van der Waals surface area contributed by atoms with Gasteiger partial charge in [0.25, 0.3) is 5.56 Å². The Bertz CT molecular complexity index is 1130. The van der Waals surface area contributed by atoms with Gasteiger partial charge in [-0.25, -0.2) is 9.78 Å². The average molecular weight is 467 g/mol. The molecular formula is C25H34N6O3. The zero-order valence-corrected chi connectivity index (χ0v) is 20.5. The second kappa shape index (κ2) is 10.5. The highest BCUT2D eigenvalue weighted by atomic mass is 16.6. The van der Waals surface area contributed by atoms with Gasteiger partial charge in [0.1, 0.15) is 17.0 Å². The van der Waals surface area contributed by atoms with Gasteiger partial charge in [-0.3, -0.25) is 14.3 Å². The minimum absolute atomic E-state index is 0.0642. The lowest BCUT2D eigenvalue weighted by Gasteiger charge is -2.25. The second-order valence-electron chi connectivity index (χ2n) is 9.58. The number of hydrogen-bond acceptors (Lipinski definition) is 7. The van der Waals surface area contributed by atoms with Crippen LogP contribution in [0.2, 0.25) is 0 Å². The van der Waals surface area contributed by atoms with Crippen molar-refractivity contribution in [3.05, 3.63) is 58.7 Å². The molecule has 4 N–H and O–H groups in total. The Morgan fingerprint density at radius 2 is 2.03 bits per heavy atom. The number of allylic oxidation sites excluding steroid dienone is 3. The van der Waals surface area contributed by atoms with E-state index in [1.165, 1.54) is 4.57 Å². The van der Waals surface area contributed by atoms with E-state index in [1.807, 2.05) is 20.8 Å². The van der Waals surface area contributed by atoms with Gasteiger partial charge in [0.05, 0.1) is 6.04 Å². The Hall–Kier alpha value is -3.62. The van der Waals surface area contributed by atoms with Crippen LogP contribution in [-0.2, 0) is 11.8 Å². The van der Waals surface area contributed by atoms with Gasteiger partial charge < -0.3 is 21.1 Å². The van der Waals surface area contributed by atoms with E-state index >= 15 is 0 Å². The lowest BCUT2D eigenvalue weighted by atomic mass is 9.94. The van der Waals surface area contributed by atoms with Gasteiger partial charge >= 0.3 is 6.09 Å². The summed E-state index contributed by atoms with van der Waals surface area (Å²) in [5, 5.41) is 6.16. The number of pyridine rings is 1. The molecule has 1 amide bonds. The first-order valence-corrected chi connectivity index (χ1v) is 11.4. The van der Waals surface area contributed by atoms with Crippen LogP contribution in [-0.4, -0.2) is 38.8 Å². The average Bonchev–Trinajstić information content (AvgIpc) is 2.77. The summed E-state index contributed by atoms with van der Waals surface area (Å²) in [6, 6.07) is 3.20. The highest BCUT2D eigenvalue weighted by Gasteiger charge is 2.22. The number of carbonyl (C=O) groups excluding carboxylic acids is 1. The molecule has 0 aromatic carbocycles. The molecule has 1 unspecified atom stereocenters. The SMILES string of the molecule is CC1C=CC(C[C@@H](CNc2nc(-c3ccncc3)c(N)c(=O)n2C)NC(=O)OC(C)(C)C)=CC1. The highest BCUT2D eigenvalue weighted by molar-refractivity contribution is 5.72. The smallest absolute Gasteiger partial charge is 0.407 e. The maximum absolute atomic E-state index is 12.7. The highest BCUT2D eigenvalue weighted by Crippen LogP contribution is 2.23. The number of alkyl carbamates (subject to hydrolysis) is 1. The molecule has 3 rings (SSSR count). The van der Waals surface area contributed by atoms with Gasteiger partial charge in [-0.2, -0.15) is 0 Å². The van der Waals surface area contributed by atoms with Crippen LogP contribution in [0.4, 0.5) is 16.4 Å². The number of aromatic nitrogens is 3. The monoisotopic (exact) mass is 466 g/mol. The van der Waals surface area contributed by atoms with E-state index in [9.17, 15) is 9.59 Å². The number of nitrogen functional groups attached to an aromatic ring is 1. The summed E-state index contributed by atoms with van der Waals surface area (Å²) in [4.78, 5) is 33.8. The Morgan fingerprint density at radius 1 is 1.32 bits per heavy atom. The molecule has 2 atom stereocenters. The fourth-order valence-electron chi connectivity index (χ4n) is 3.58. The number of ether oxygens (including phenoxy) is 1. The van der Waals surface area contributed by atoms with Gasteiger partial charge in [-0.05, 0) is 51.7 Å². The quantitative estimate of drug-likeness (QED) is 0.569. The molecular weight excluding hydrogens is 432 g/mol. The summed E-state index contributed by atoms with van der Waals surface area (Å²) in [5.74, 6) is 0.850. The third-order valence-corrected chi connectivity index (χ3v) is 5.38. The van der Waals surface area contributed by atoms with Crippen LogP contribution in [0.3, 0.4) is 0 Å². The summed E-state index contributed by atoms with van der Waals surface area (Å²) in [7, 11) is 1.61. The Morgan fingerprint density at radius 3 is 2.65 bits per heavy atom. The van der Waals surface area contributed by atoms with Gasteiger partial charge in [0, 0.05) is 31.5 Å². The lowest BCUT2D eigenvalue weighted by molar-refractivity contribution is 0.0507. The maximum Gasteiger partial charge on any atom is 0.407 e. The number of hydrogen-bond donors (Lipinski definition) is 3. The topological polar surface area (TPSA) is 124 Å². The molecule has 1 aliphatic rings. The third-order valence-electron chi connectivity index (χ3n) is 5.38. The molecule has 0 fully saturated rings. The van der Waals surface area contributed by atoms with Gasteiger partial charge in [-0.1, -0.05) is 30.7 Å². The Labute approximate surface area is 200 Å². The van der Waals surface area contributed by atoms with Crippen LogP contribution in [0.5, 0.6) is 0 Å². The van der Waals surface area contributed by atoms with E-state index in [0.717, 1.165) is 12.0 Å². The molecule has 2 aromatic rings. The first-order chi connectivity index (χ1) is 16.0. The number of nitrogens with zero attached hydrogens (tertiary/aromatic N) is 3. The molecule has 0 aliphatic heterocycles. The molecule has 2 aromatic heterocycles. The summed E-state index contributed by atoms with van der Waals surface area (Å²) in [6.45, 7) is 7.96. The number of nitrogens with one attached hydrogen (secondary N) is 2. The van der Waals surface area contributed by atoms with Crippen molar-refractivity contribution in [2.24, 2.45) is 13.0 Å². The molecule has 1 aliphatic carbocycles. The third kappa shape index (κ3) is 6.69. The van der Waals surface area contributed by atoms with Crippen molar-refractivity contribution in [2.45, 2.75) is 52.2 Å². The fourth-order valence-corrected chi connectivity index (χ4v) is 3.58. The summed E-state index contributed by atoms with van der Waals surface area (Å²) >= 11 is 0. The normalized spacial score (nSPS) is 16.5. The zero-order chi connectivity index (χ0) is 24.9. The van der Waals surface area contributed by atoms with Crippen LogP contribution >= 0.6 is 0 Å². The van der Waals surface area contributed by atoms with Crippen LogP contribution in [0.1, 0.15) is 40.5 Å². The van der Waals surface area contributed by atoms with Crippen LogP contribution in [0.25, 0.3) is 11.3 Å². The molecule has 182 valence electrons. The Balaban J connectivity index is 1.82. The predicted molar refractivity (Wildman–Crippen MR) is 134 cm³/mol. The van der Waals surface area contributed by atoms with Gasteiger partial charge in [-0.15, -0.1) is 0 Å². The largest absolute Gasteiger partial charge is 0.444 e. The Kier molecular flexibility index (Phi) is 7.75. The molecule has 9 heteroatoms. The second-order valence-corrected chi connectivity index (χ2v) is 9.58. The molecule has 0 spiro atoms. The molecule has 0 saturated heterocycles. The van der Waals surface area contributed by atoms with E-state index in [-0.39, 0.29) is 17.3 Å². The van der Waals surface area contributed by atoms with Crippen molar-refractivity contribution in [2.75, 3.05) is 17.6 Å². The van der Waals surface area contributed by atoms with E-state index in [1.54, 1.807) is 31.6 Å². The molecule has 34 heavy (non-hydrogen) atoms. The van der Waals surface area contributed by atoms with Crippen LogP contribution in [0, 0.1) is 5.92 Å². The molecule has 0 radical (unpaired) electrons. The first kappa shape index (κ1) is 25.0. The first-order valence-electron chi connectivity index (χ1n) is 11.4. The number of rotatable bonds is 7. The molecule has 9 nitrogen and oxygen atoms in total. The molecule has 0 saturated carbocycles. The van der Waals surface area contributed by atoms with Crippen LogP contribution in [0.15, 0.2) is 53.1 Å². The van der Waals surface area contributed by atoms with Gasteiger partial charge in [0.2, 0.25) is 5.95 Å². The number of nitrogens with two attached hydrogens (primary N) is 1. The summed E-state index contributed by atoms with van der Waals surface area (Å²) < 4.78 is 6.82. The standard InChI is InChI=1S/C25H34N6O3/c1-16-6-8-17(9-7-16)14-19(29-24(33)34-25(2,3)4)15-28-23-30-21(18-10-12-27-13-11-18)20(26)22(32)31(23)5/h6,8-13,16,19H,7,14-15,26H2,1-5H3,(H,28,30)(H,29,33)/t16?,19-/m0/s1. The molecule has 2 heterocycles. The van der Waals surface area contributed by atoms with Crippen molar-refractivity contribution >= 4 is 17.7 Å². The predicted octanol–water partition coefficient (Wildman–Crippen LogP) is 3.64. The van der Waals surface area contributed by atoms with Crippen molar-refractivity contribution in [1.29, 1.82) is 0 Å². The lowest BCUT2D eigenvalue weighted by Crippen LogP contribution is -2.43. The van der Waals surface area contributed by atoms with E-state index in [2.05, 4.69) is 45.8 Å². The number of carbonyl (C=O) groups is 1. The minimum Gasteiger partial charge on any atom is -0.444 e. The number of anilines is 2. The summed E-state index contributed by atoms with van der Waals surface area (Å²) in [6.07, 6.45) is 10.8. The van der Waals surface area contributed by atoms with Gasteiger partial charge in [0.15, 0.2) is 0 Å². The van der Waals surface area contributed by atoms with E-state index < -0.39 is 11.7 Å². The van der Waals surface area contributed by atoms with Crippen molar-refractivity contribution in [1.82, 2.24) is 19.9 Å². The minimum atomic E-state index is -0.608. The number of amides is 1. The molecule has 0 bridgehead atoms. The van der Waals surface area contributed by atoms with Crippen molar-refractivity contribution < 1.29 is 9.53 Å². The van der Waals surface area contributed by atoms with E-state index in [0.29, 0.717) is 36.1 Å². The van der Waals surface area contributed by atoms with Crippen molar-refractivity contribution in [3.63, 3.8) is 0 Å². The van der Waals surface area contributed by atoms with Crippen molar-refractivity contribution in [3.8, 4) is 11.3 Å². The zero-order valence-electron chi connectivity index (χ0n) is 20.5. The summed E-state index contributed by atoms with van der Waals surface area (Å²) in [5.41, 5.74) is 7.39. The van der Waals surface area contributed by atoms with E-state index in [4.69, 9.17) is 10.5 Å². The maximum atomic E-state index is 12.7. The van der Waals surface area contributed by atoms with Crippen LogP contribution < -0.4 is 21.9 Å². The fraction of sp³-hybridized carbons (Fsp3) is 0.440.